The van der Waals surface area contributed by atoms with Crippen LogP contribution in [-0.4, -0.2) is 33.8 Å². The van der Waals surface area contributed by atoms with Gasteiger partial charge in [-0.05, 0) is 50.1 Å². The van der Waals surface area contributed by atoms with Crippen molar-refractivity contribution in [3.05, 3.63) is 76.9 Å². The summed E-state index contributed by atoms with van der Waals surface area (Å²) in [5, 5.41) is 3.03. The van der Waals surface area contributed by atoms with Crippen LogP contribution in [0.25, 0.3) is 0 Å². The lowest BCUT2D eigenvalue weighted by atomic mass is 10.1. The first-order chi connectivity index (χ1) is 16.4. The van der Waals surface area contributed by atoms with Gasteiger partial charge in [-0.15, -0.1) is 12.4 Å². The highest BCUT2D eigenvalue weighted by Crippen LogP contribution is 2.48. The molecule has 0 fully saturated rings. The molecule has 3 N–H and O–H groups in total. The van der Waals surface area contributed by atoms with Gasteiger partial charge in [-0.3, -0.25) is 4.79 Å². The van der Waals surface area contributed by atoms with Gasteiger partial charge in [0, 0.05) is 6.07 Å². The van der Waals surface area contributed by atoms with E-state index in [1.54, 1.807) is 6.07 Å². The number of methoxy groups -OCH3 is 3. The van der Waals surface area contributed by atoms with Crippen molar-refractivity contribution in [2.45, 2.75) is 26.3 Å². The Hall–Kier alpha value is -3.42. The Labute approximate surface area is 212 Å². The molecule has 0 saturated heterocycles. The summed E-state index contributed by atoms with van der Waals surface area (Å²) in [5.41, 5.74) is 9.16. The quantitative estimate of drug-likeness (QED) is 0.396. The van der Waals surface area contributed by atoms with E-state index in [9.17, 15) is 4.79 Å². The van der Waals surface area contributed by atoms with Crippen molar-refractivity contribution in [3.63, 3.8) is 0 Å². The number of hydrogen-bond acceptors (Lipinski definition) is 6. The predicted octanol–water partition coefficient (Wildman–Crippen LogP) is 5.23. The van der Waals surface area contributed by atoms with Crippen LogP contribution in [0, 0.1) is 6.92 Å². The molecule has 0 saturated carbocycles. The minimum absolute atomic E-state index is 0. The van der Waals surface area contributed by atoms with E-state index in [-0.39, 0.29) is 41.4 Å². The number of carbonyl (C=O) groups excluding carboxylic acids is 1. The molecule has 3 aromatic carbocycles. The standard InChI is InChI=1S/C27H32N2O5.ClH/c1-17-6-10-20(11-7-17)18(2)29-27(30)22-16-23(25(32-4)26(33-5)24(22)31-3)34-21-12-8-19(9-13-21)14-15-28;/h6-13,16,18H,14-15,28H2,1-5H3,(H,29,30);1H/t18-;/m1./s1. The second-order valence-electron chi connectivity index (χ2n) is 7.91. The maximum Gasteiger partial charge on any atom is 0.255 e. The van der Waals surface area contributed by atoms with E-state index < -0.39 is 0 Å². The Morgan fingerprint density at radius 1 is 0.914 bits per heavy atom. The van der Waals surface area contributed by atoms with E-state index in [1.165, 1.54) is 21.3 Å². The number of rotatable bonds is 10. The molecule has 0 aliphatic carbocycles. The summed E-state index contributed by atoms with van der Waals surface area (Å²) >= 11 is 0. The summed E-state index contributed by atoms with van der Waals surface area (Å²) in [5.74, 6) is 1.46. The molecule has 0 radical (unpaired) electrons. The largest absolute Gasteiger partial charge is 0.492 e. The van der Waals surface area contributed by atoms with Crippen LogP contribution in [-0.2, 0) is 6.42 Å². The van der Waals surface area contributed by atoms with E-state index in [0.717, 1.165) is 23.1 Å². The molecule has 0 spiro atoms. The van der Waals surface area contributed by atoms with Gasteiger partial charge in [-0.25, -0.2) is 0 Å². The van der Waals surface area contributed by atoms with Gasteiger partial charge in [0.1, 0.15) is 5.75 Å². The molecular formula is C27H33ClN2O5. The van der Waals surface area contributed by atoms with E-state index in [2.05, 4.69) is 5.32 Å². The van der Waals surface area contributed by atoms with Crippen LogP contribution in [0.1, 0.15) is 40.0 Å². The summed E-state index contributed by atoms with van der Waals surface area (Å²) in [6, 6.07) is 17.0. The monoisotopic (exact) mass is 500 g/mol. The Balaban J connectivity index is 0.00000432. The molecule has 0 heterocycles. The van der Waals surface area contributed by atoms with E-state index in [4.69, 9.17) is 24.7 Å². The third kappa shape index (κ3) is 6.59. The molecule has 35 heavy (non-hydrogen) atoms. The smallest absolute Gasteiger partial charge is 0.255 e. The molecular weight excluding hydrogens is 468 g/mol. The first-order valence-electron chi connectivity index (χ1n) is 11.1. The zero-order chi connectivity index (χ0) is 24.7. The average molecular weight is 501 g/mol. The number of aryl methyl sites for hydroxylation is 1. The van der Waals surface area contributed by atoms with Gasteiger partial charge in [0.05, 0.1) is 32.9 Å². The highest BCUT2D eigenvalue weighted by atomic mass is 35.5. The number of nitrogens with two attached hydrogens (primary N) is 1. The van der Waals surface area contributed by atoms with Crippen molar-refractivity contribution < 1.29 is 23.7 Å². The minimum Gasteiger partial charge on any atom is -0.492 e. The number of ether oxygens (including phenoxy) is 4. The average Bonchev–Trinajstić information content (AvgIpc) is 2.84. The maximum atomic E-state index is 13.3. The lowest BCUT2D eigenvalue weighted by molar-refractivity contribution is 0.0935. The summed E-state index contributed by atoms with van der Waals surface area (Å²) < 4.78 is 22.8. The Morgan fingerprint density at radius 3 is 2.06 bits per heavy atom. The Bertz CT molecular complexity index is 1120. The van der Waals surface area contributed by atoms with Gasteiger partial charge in [0.15, 0.2) is 11.5 Å². The minimum atomic E-state index is -0.325. The van der Waals surface area contributed by atoms with Gasteiger partial charge in [0.25, 0.3) is 5.91 Å². The first kappa shape index (κ1) is 27.8. The molecule has 0 aliphatic heterocycles. The van der Waals surface area contributed by atoms with Crippen LogP contribution in [0.5, 0.6) is 28.7 Å². The zero-order valence-corrected chi connectivity index (χ0v) is 21.5. The molecule has 188 valence electrons. The fraction of sp³-hybridized carbons (Fsp3) is 0.296. The Morgan fingerprint density at radius 2 is 1.51 bits per heavy atom. The topological polar surface area (TPSA) is 92.0 Å². The molecule has 7 nitrogen and oxygen atoms in total. The molecule has 3 aromatic rings. The van der Waals surface area contributed by atoms with Crippen molar-refractivity contribution >= 4 is 18.3 Å². The van der Waals surface area contributed by atoms with Crippen molar-refractivity contribution in [1.29, 1.82) is 0 Å². The first-order valence-corrected chi connectivity index (χ1v) is 11.1. The van der Waals surface area contributed by atoms with Gasteiger partial charge >= 0.3 is 0 Å². The highest BCUT2D eigenvalue weighted by molar-refractivity contribution is 5.99. The summed E-state index contributed by atoms with van der Waals surface area (Å²) in [4.78, 5) is 13.3. The van der Waals surface area contributed by atoms with Crippen LogP contribution in [0.4, 0.5) is 0 Å². The summed E-state index contributed by atoms with van der Waals surface area (Å²) in [6.07, 6.45) is 0.781. The van der Waals surface area contributed by atoms with Gasteiger partial charge in [-0.2, -0.15) is 0 Å². The Kier molecular flexibility index (Phi) is 10.2. The number of nitrogens with one attached hydrogen (secondary N) is 1. The van der Waals surface area contributed by atoms with E-state index >= 15 is 0 Å². The van der Waals surface area contributed by atoms with Gasteiger partial charge in [0.2, 0.25) is 11.5 Å². The number of carbonyl (C=O) groups is 1. The van der Waals surface area contributed by atoms with Crippen molar-refractivity contribution in [1.82, 2.24) is 5.32 Å². The highest BCUT2D eigenvalue weighted by Gasteiger charge is 2.26. The molecule has 8 heteroatoms. The molecule has 1 amide bonds. The summed E-state index contributed by atoms with van der Waals surface area (Å²) in [7, 11) is 4.48. The predicted molar refractivity (Wildman–Crippen MR) is 140 cm³/mol. The van der Waals surface area contributed by atoms with Crippen molar-refractivity contribution in [2.75, 3.05) is 27.9 Å². The number of hydrogen-bond donors (Lipinski definition) is 2. The fourth-order valence-electron chi connectivity index (χ4n) is 3.66. The van der Waals surface area contributed by atoms with Crippen molar-refractivity contribution in [3.8, 4) is 28.7 Å². The second-order valence-corrected chi connectivity index (χ2v) is 7.91. The molecule has 0 bridgehead atoms. The molecule has 0 unspecified atom stereocenters. The molecule has 0 aromatic heterocycles. The normalized spacial score (nSPS) is 11.1. The van der Waals surface area contributed by atoms with Crippen molar-refractivity contribution in [2.24, 2.45) is 5.73 Å². The SMILES string of the molecule is COc1c(Oc2ccc(CCN)cc2)cc(C(=O)N[C@H](C)c2ccc(C)cc2)c(OC)c1OC.Cl. The lowest BCUT2D eigenvalue weighted by Gasteiger charge is -2.21. The van der Waals surface area contributed by atoms with Gasteiger partial charge < -0.3 is 30.0 Å². The zero-order valence-electron chi connectivity index (χ0n) is 20.7. The molecule has 1 atom stereocenters. The second kappa shape index (κ2) is 12.9. The molecule has 0 aliphatic rings. The fourth-order valence-corrected chi connectivity index (χ4v) is 3.66. The molecule has 3 rings (SSSR count). The third-order valence-electron chi connectivity index (χ3n) is 5.52. The third-order valence-corrected chi connectivity index (χ3v) is 5.52. The van der Waals surface area contributed by atoms with E-state index in [1.807, 2.05) is 62.4 Å². The number of halogens is 1. The maximum absolute atomic E-state index is 13.3. The lowest BCUT2D eigenvalue weighted by Crippen LogP contribution is -2.27. The number of benzene rings is 3. The number of amides is 1. The van der Waals surface area contributed by atoms with Crippen LogP contribution in [0.15, 0.2) is 54.6 Å². The van der Waals surface area contributed by atoms with Crippen LogP contribution in [0.2, 0.25) is 0 Å². The van der Waals surface area contributed by atoms with E-state index in [0.29, 0.717) is 23.8 Å². The van der Waals surface area contributed by atoms with Crippen LogP contribution < -0.4 is 30.0 Å². The van der Waals surface area contributed by atoms with Crippen LogP contribution >= 0.6 is 12.4 Å². The van der Waals surface area contributed by atoms with Gasteiger partial charge in [-0.1, -0.05) is 42.0 Å². The van der Waals surface area contributed by atoms with Crippen LogP contribution in [0.3, 0.4) is 0 Å². The summed E-state index contributed by atoms with van der Waals surface area (Å²) in [6.45, 7) is 4.52.